The number of carboxylic acids is 1. The number of aliphatic carboxylic acids is 1. The van der Waals surface area contributed by atoms with Crippen molar-refractivity contribution in [3.8, 4) is 0 Å². The van der Waals surface area contributed by atoms with Crippen molar-refractivity contribution in [2.24, 2.45) is 5.41 Å². The molecule has 1 aromatic rings. The largest absolute Gasteiger partial charge is 0.481 e. The van der Waals surface area contributed by atoms with Crippen molar-refractivity contribution in [3.05, 3.63) is 29.8 Å². The second-order valence-electron chi connectivity index (χ2n) is 6.93. The number of aromatic nitrogens is 1. The van der Waals surface area contributed by atoms with Gasteiger partial charge in [-0.15, -0.1) is 0 Å². The zero-order chi connectivity index (χ0) is 17.3. The molecule has 0 bridgehead atoms. The van der Waals surface area contributed by atoms with Gasteiger partial charge in [-0.3, -0.25) is 9.78 Å². The van der Waals surface area contributed by atoms with Crippen LogP contribution in [0.1, 0.15) is 32.8 Å². The molecule has 1 N–H and O–H groups in total. The molecule has 2 rings (SSSR count). The van der Waals surface area contributed by atoms with Crippen molar-refractivity contribution in [1.82, 2.24) is 9.88 Å². The predicted molar refractivity (Wildman–Crippen MR) is 80.4 cm³/mol. The summed E-state index contributed by atoms with van der Waals surface area (Å²) in [7, 11) is 0. The number of nitrogens with zero attached hydrogens (tertiary/aromatic N) is 2. The molecule has 7 heteroatoms. The molecule has 0 aromatic carbocycles. The third kappa shape index (κ3) is 4.18. The average Bonchev–Trinajstić information content (AvgIpc) is 2.82. The van der Waals surface area contributed by atoms with E-state index in [1.54, 1.807) is 20.8 Å². The minimum Gasteiger partial charge on any atom is -0.481 e. The molecule has 1 fully saturated rings. The molecule has 0 saturated carbocycles. The zero-order valence-corrected chi connectivity index (χ0v) is 13.5. The van der Waals surface area contributed by atoms with Crippen LogP contribution in [-0.4, -0.2) is 45.7 Å². The molecule has 1 amide bonds. The van der Waals surface area contributed by atoms with Crippen molar-refractivity contribution in [3.63, 3.8) is 0 Å². The molecule has 1 aliphatic heterocycles. The maximum Gasteiger partial charge on any atom is 0.410 e. The minimum absolute atomic E-state index is 0.0355. The van der Waals surface area contributed by atoms with Crippen LogP contribution in [0, 0.1) is 11.2 Å². The summed E-state index contributed by atoms with van der Waals surface area (Å²) in [6.07, 6.45) is 2.39. The van der Waals surface area contributed by atoms with Gasteiger partial charge in [0.15, 0.2) is 0 Å². The van der Waals surface area contributed by atoms with Crippen LogP contribution in [0.15, 0.2) is 18.5 Å². The van der Waals surface area contributed by atoms with Gasteiger partial charge in [0.05, 0.1) is 11.6 Å². The Hall–Kier alpha value is -2.18. The Morgan fingerprint density at radius 1 is 1.43 bits per heavy atom. The normalized spacial score (nSPS) is 21.3. The van der Waals surface area contributed by atoms with Crippen LogP contribution in [-0.2, 0) is 16.0 Å². The lowest BCUT2D eigenvalue weighted by molar-refractivity contribution is -0.148. The summed E-state index contributed by atoms with van der Waals surface area (Å²) in [5.74, 6) is -1.52. The fourth-order valence-electron chi connectivity index (χ4n) is 2.69. The van der Waals surface area contributed by atoms with Gasteiger partial charge in [-0.1, -0.05) is 0 Å². The first-order chi connectivity index (χ1) is 10.6. The number of hydrogen-bond donors (Lipinski definition) is 1. The maximum absolute atomic E-state index is 13.3. The van der Waals surface area contributed by atoms with E-state index in [9.17, 15) is 19.1 Å². The van der Waals surface area contributed by atoms with Gasteiger partial charge < -0.3 is 14.7 Å². The number of ether oxygens (including phenoxy) is 1. The topological polar surface area (TPSA) is 79.7 Å². The number of carboxylic acid groups (broad SMARTS) is 1. The Bertz CT molecular complexity index is 614. The molecule has 126 valence electrons. The molecule has 0 spiro atoms. The number of carbonyl (C=O) groups excluding carboxylic acids is 1. The van der Waals surface area contributed by atoms with Gasteiger partial charge in [-0.05, 0) is 45.2 Å². The smallest absolute Gasteiger partial charge is 0.410 e. The van der Waals surface area contributed by atoms with Gasteiger partial charge in [0.2, 0.25) is 0 Å². The summed E-state index contributed by atoms with van der Waals surface area (Å²) in [4.78, 5) is 29.0. The fourth-order valence-corrected chi connectivity index (χ4v) is 2.69. The van der Waals surface area contributed by atoms with Gasteiger partial charge in [0, 0.05) is 19.3 Å². The van der Waals surface area contributed by atoms with Crippen molar-refractivity contribution in [1.29, 1.82) is 0 Å². The van der Waals surface area contributed by atoms with Gasteiger partial charge >= 0.3 is 12.1 Å². The number of carbonyl (C=O) groups is 2. The van der Waals surface area contributed by atoms with Gasteiger partial charge in [0.1, 0.15) is 11.4 Å². The van der Waals surface area contributed by atoms with E-state index in [-0.39, 0.29) is 19.4 Å². The lowest BCUT2D eigenvalue weighted by atomic mass is 9.81. The Labute approximate surface area is 134 Å². The van der Waals surface area contributed by atoms with E-state index in [4.69, 9.17) is 4.74 Å². The van der Waals surface area contributed by atoms with Crippen LogP contribution in [0.4, 0.5) is 9.18 Å². The first-order valence-corrected chi connectivity index (χ1v) is 7.42. The van der Waals surface area contributed by atoms with E-state index < -0.39 is 28.9 Å². The molecule has 2 heterocycles. The Morgan fingerprint density at radius 3 is 2.70 bits per heavy atom. The Balaban J connectivity index is 2.14. The number of pyridine rings is 1. The van der Waals surface area contributed by atoms with E-state index in [0.717, 1.165) is 6.20 Å². The molecular weight excluding hydrogens is 303 g/mol. The van der Waals surface area contributed by atoms with Crippen molar-refractivity contribution >= 4 is 12.1 Å². The number of hydrogen-bond acceptors (Lipinski definition) is 4. The lowest BCUT2D eigenvalue weighted by Gasteiger charge is -2.27. The van der Waals surface area contributed by atoms with Crippen LogP contribution in [0.3, 0.4) is 0 Å². The first kappa shape index (κ1) is 17.2. The van der Waals surface area contributed by atoms with E-state index in [1.807, 2.05) is 0 Å². The third-order valence-electron chi connectivity index (χ3n) is 3.76. The van der Waals surface area contributed by atoms with Crippen LogP contribution in [0.25, 0.3) is 0 Å². The highest BCUT2D eigenvalue weighted by Gasteiger charge is 2.47. The number of likely N-dealkylation sites (tertiary alicyclic amines) is 1. The molecule has 1 atom stereocenters. The summed E-state index contributed by atoms with van der Waals surface area (Å²) in [5, 5.41) is 9.63. The first-order valence-electron chi connectivity index (χ1n) is 7.42. The van der Waals surface area contributed by atoms with E-state index in [0.29, 0.717) is 12.1 Å². The quantitative estimate of drug-likeness (QED) is 0.924. The van der Waals surface area contributed by atoms with Crippen LogP contribution < -0.4 is 0 Å². The summed E-state index contributed by atoms with van der Waals surface area (Å²) < 4.78 is 18.5. The Kier molecular flexibility index (Phi) is 4.58. The summed E-state index contributed by atoms with van der Waals surface area (Å²) in [6, 6.07) is 1.27. The van der Waals surface area contributed by atoms with Crippen LogP contribution in [0.2, 0.25) is 0 Å². The highest BCUT2D eigenvalue weighted by atomic mass is 19.1. The fraction of sp³-hybridized carbons (Fsp3) is 0.562. The highest BCUT2D eigenvalue weighted by Crippen LogP contribution is 2.35. The van der Waals surface area contributed by atoms with Gasteiger partial charge in [-0.25, -0.2) is 9.18 Å². The number of amides is 1. The predicted octanol–water partition coefficient (Wildman–Crippen LogP) is 2.48. The van der Waals surface area contributed by atoms with Gasteiger partial charge in [-0.2, -0.15) is 0 Å². The highest BCUT2D eigenvalue weighted by molar-refractivity contribution is 5.78. The van der Waals surface area contributed by atoms with Crippen LogP contribution in [0.5, 0.6) is 0 Å². The molecule has 1 saturated heterocycles. The summed E-state index contributed by atoms with van der Waals surface area (Å²) in [5.41, 5.74) is -1.29. The number of halogens is 1. The second kappa shape index (κ2) is 6.14. The molecule has 1 aliphatic rings. The Morgan fingerprint density at radius 2 is 2.13 bits per heavy atom. The van der Waals surface area contributed by atoms with Crippen molar-refractivity contribution in [2.75, 3.05) is 13.1 Å². The molecule has 23 heavy (non-hydrogen) atoms. The SMILES string of the molecule is CC(C)(C)OC(=O)N1CCC(Cc2cncc(F)c2)(C(=O)O)C1. The van der Waals surface area contributed by atoms with E-state index >= 15 is 0 Å². The molecule has 6 nitrogen and oxygen atoms in total. The average molecular weight is 324 g/mol. The zero-order valence-electron chi connectivity index (χ0n) is 13.5. The molecule has 0 radical (unpaired) electrons. The summed E-state index contributed by atoms with van der Waals surface area (Å²) >= 11 is 0. The van der Waals surface area contributed by atoms with E-state index in [2.05, 4.69) is 4.98 Å². The minimum atomic E-state index is -1.15. The lowest BCUT2D eigenvalue weighted by Crippen LogP contribution is -2.40. The number of rotatable bonds is 3. The molecule has 0 aliphatic carbocycles. The molecular formula is C16H21FN2O4. The standard InChI is InChI=1S/C16H21FN2O4/c1-15(2,3)23-14(22)19-5-4-16(10-19,13(20)21)7-11-6-12(17)9-18-8-11/h6,8-9H,4-5,7,10H2,1-3H3,(H,20,21). The van der Waals surface area contributed by atoms with E-state index in [1.165, 1.54) is 17.2 Å². The third-order valence-corrected chi connectivity index (χ3v) is 3.76. The maximum atomic E-state index is 13.3. The summed E-state index contributed by atoms with van der Waals surface area (Å²) in [6.45, 7) is 5.59. The van der Waals surface area contributed by atoms with Gasteiger partial charge in [0.25, 0.3) is 0 Å². The molecule has 1 aromatic heterocycles. The van der Waals surface area contributed by atoms with Crippen LogP contribution >= 0.6 is 0 Å². The molecule has 1 unspecified atom stereocenters. The second-order valence-corrected chi connectivity index (χ2v) is 6.93. The van der Waals surface area contributed by atoms with Crippen molar-refractivity contribution < 1.29 is 23.8 Å². The van der Waals surface area contributed by atoms with Crippen molar-refractivity contribution in [2.45, 2.75) is 39.2 Å². The monoisotopic (exact) mass is 324 g/mol.